The second-order valence-electron chi connectivity index (χ2n) is 5.21. The summed E-state index contributed by atoms with van der Waals surface area (Å²) in [5.41, 5.74) is 3.11. The molecule has 0 spiro atoms. The highest BCUT2D eigenvalue weighted by Crippen LogP contribution is 2.27. The van der Waals surface area contributed by atoms with Gasteiger partial charge in [0.25, 0.3) is 0 Å². The molecule has 7 heteroatoms. The molecule has 24 heavy (non-hydrogen) atoms. The van der Waals surface area contributed by atoms with Gasteiger partial charge < -0.3 is 10.1 Å². The molecule has 0 bridgehead atoms. The maximum atomic E-state index is 5.20. The van der Waals surface area contributed by atoms with E-state index in [-0.39, 0.29) is 0 Å². The molecule has 3 aromatic heterocycles. The van der Waals surface area contributed by atoms with E-state index in [9.17, 15) is 0 Å². The number of methoxy groups -OCH3 is 1. The number of anilines is 1. The van der Waals surface area contributed by atoms with Gasteiger partial charge in [-0.3, -0.25) is 4.98 Å². The fraction of sp³-hybridized carbons (Fsp3) is 0.118. The number of hydrogen-bond donors (Lipinski definition) is 1. The summed E-state index contributed by atoms with van der Waals surface area (Å²) in [6.45, 7) is 0.710. The molecule has 0 unspecified atom stereocenters. The Morgan fingerprint density at radius 1 is 1.17 bits per heavy atom. The minimum absolute atomic E-state index is 0.710. The van der Waals surface area contributed by atoms with Crippen LogP contribution in [0.4, 0.5) is 5.82 Å². The van der Waals surface area contributed by atoms with E-state index in [1.54, 1.807) is 35.4 Å². The predicted molar refractivity (Wildman–Crippen MR) is 94.4 cm³/mol. The Morgan fingerprint density at radius 3 is 2.88 bits per heavy atom. The molecule has 0 saturated heterocycles. The molecular formula is C17H15N5OS. The van der Waals surface area contributed by atoms with E-state index in [4.69, 9.17) is 4.74 Å². The van der Waals surface area contributed by atoms with Gasteiger partial charge in [0.15, 0.2) is 5.65 Å². The zero-order valence-corrected chi connectivity index (χ0v) is 13.8. The van der Waals surface area contributed by atoms with Crippen LogP contribution in [0.3, 0.4) is 0 Å². The average molecular weight is 337 g/mol. The van der Waals surface area contributed by atoms with E-state index >= 15 is 0 Å². The van der Waals surface area contributed by atoms with Crippen LogP contribution < -0.4 is 10.1 Å². The van der Waals surface area contributed by atoms with E-state index in [0.29, 0.717) is 6.54 Å². The zero-order valence-electron chi connectivity index (χ0n) is 13.0. The summed E-state index contributed by atoms with van der Waals surface area (Å²) in [5.74, 6) is 1.69. The highest BCUT2D eigenvalue weighted by molar-refractivity contribution is 7.10. The van der Waals surface area contributed by atoms with Crippen LogP contribution in [-0.4, -0.2) is 26.7 Å². The van der Waals surface area contributed by atoms with Crippen LogP contribution in [0.1, 0.15) is 4.88 Å². The van der Waals surface area contributed by atoms with Crippen molar-refractivity contribution in [3.8, 4) is 16.9 Å². The first-order chi connectivity index (χ1) is 11.8. The lowest BCUT2D eigenvalue weighted by Crippen LogP contribution is -2.04. The Morgan fingerprint density at radius 2 is 2.04 bits per heavy atom. The van der Waals surface area contributed by atoms with Crippen LogP contribution in [0.5, 0.6) is 5.75 Å². The predicted octanol–water partition coefficient (Wildman–Crippen LogP) is 3.47. The summed E-state index contributed by atoms with van der Waals surface area (Å²) >= 11 is 1.72. The standard InChI is InChI=1S/C17H15N5OS/c1-23-14-4-2-12(3-5-14)13-6-15(24-10-13)7-19-16-8-18-9-17-20-11-21-22(16)17/h2-6,8-11,19H,7H2,1H3. The minimum atomic E-state index is 0.710. The molecule has 0 radical (unpaired) electrons. The monoisotopic (exact) mass is 337 g/mol. The number of rotatable bonds is 5. The lowest BCUT2D eigenvalue weighted by atomic mass is 10.1. The first-order valence-corrected chi connectivity index (χ1v) is 8.31. The molecule has 1 aromatic carbocycles. The average Bonchev–Trinajstić information content (AvgIpc) is 3.29. The SMILES string of the molecule is COc1ccc(-c2csc(CNc3cncc4ncnn34)c2)cc1. The molecular weight excluding hydrogens is 322 g/mol. The Hall–Kier alpha value is -2.93. The number of hydrogen-bond acceptors (Lipinski definition) is 6. The molecule has 0 saturated carbocycles. The normalized spacial score (nSPS) is 10.9. The number of fused-ring (bicyclic) bond motifs is 1. The van der Waals surface area contributed by atoms with Crippen LogP contribution in [-0.2, 0) is 6.54 Å². The second-order valence-corrected chi connectivity index (χ2v) is 6.20. The molecule has 0 amide bonds. The molecule has 1 N–H and O–H groups in total. The van der Waals surface area contributed by atoms with Gasteiger partial charge in [0.1, 0.15) is 17.9 Å². The van der Waals surface area contributed by atoms with Crippen molar-refractivity contribution < 1.29 is 4.74 Å². The van der Waals surface area contributed by atoms with E-state index < -0.39 is 0 Å². The van der Waals surface area contributed by atoms with Crippen molar-refractivity contribution in [2.75, 3.05) is 12.4 Å². The maximum Gasteiger partial charge on any atom is 0.175 e. The molecule has 0 aliphatic heterocycles. The van der Waals surface area contributed by atoms with Crippen LogP contribution in [0.2, 0.25) is 0 Å². The third-order valence-electron chi connectivity index (χ3n) is 3.71. The second kappa shape index (κ2) is 6.29. The topological polar surface area (TPSA) is 64.3 Å². The Labute approximate surface area is 142 Å². The number of aromatic nitrogens is 4. The molecule has 3 heterocycles. The lowest BCUT2D eigenvalue weighted by molar-refractivity contribution is 0.415. The van der Waals surface area contributed by atoms with Crippen molar-refractivity contribution in [1.29, 1.82) is 0 Å². The molecule has 120 valence electrons. The van der Waals surface area contributed by atoms with E-state index in [1.165, 1.54) is 22.3 Å². The van der Waals surface area contributed by atoms with Gasteiger partial charge in [-0.25, -0.2) is 4.98 Å². The summed E-state index contributed by atoms with van der Waals surface area (Å²) in [7, 11) is 1.67. The van der Waals surface area contributed by atoms with Crippen molar-refractivity contribution in [2.24, 2.45) is 0 Å². The van der Waals surface area contributed by atoms with Gasteiger partial charge in [-0.1, -0.05) is 12.1 Å². The molecule has 0 aliphatic carbocycles. The van der Waals surface area contributed by atoms with E-state index in [1.807, 2.05) is 12.1 Å². The smallest absolute Gasteiger partial charge is 0.175 e. The van der Waals surface area contributed by atoms with Crippen molar-refractivity contribution in [2.45, 2.75) is 6.54 Å². The Kier molecular flexibility index (Phi) is 3.84. The first-order valence-electron chi connectivity index (χ1n) is 7.43. The minimum Gasteiger partial charge on any atom is -0.497 e. The summed E-state index contributed by atoms with van der Waals surface area (Å²) in [5, 5.41) is 9.72. The van der Waals surface area contributed by atoms with Crippen molar-refractivity contribution in [3.05, 3.63) is 59.3 Å². The summed E-state index contributed by atoms with van der Waals surface area (Å²) in [6.07, 6.45) is 4.96. The van der Waals surface area contributed by atoms with Crippen molar-refractivity contribution >= 4 is 22.8 Å². The number of benzene rings is 1. The first kappa shape index (κ1) is 14.6. The maximum absolute atomic E-state index is 5.20. The van der Waals surface area contributed by atoms with E-state index in [0.717, 1.165) is 17.2 Å². The molecule has 0 aliphatic rings. The summed E-state index contributed by atoms with van der Waals surface area (Å²) in [4.78, 5) is 9.54. The summed E-state index contributed by atoms with van der Waals surface area (Å²) in [6, 6.07) is 10.3. The third-order valence-corrected chi connectivity index (χ3v) is 4.65. The quantitative estimate of drug-likeness (QED) is 0.604. The highest BCUT2D eigenvalue weighted by Gasteiger charge is 2.06. The van der Waals surface area contributed by atoms with Gasteiger partial charge in [0.2, 0.25) is 0 Å². The van der Waals surface area contributed by atoms with Gasteiger partial charge in [-0.2, -0.15) is 9.61 Å². The molecule has 4 aromatic rings. The molecule has 0 atom stereocenters. The Bertz CT molecular complexity index is 960. The number of nitrogens with zero attached hydrogens (tertiary/aromatic N) is 4. The fourth-order valence-electron chi connectivity index (χ4n) is 2.46. The highest BCUT2D eigenvalue weighted by atomic mass is 32.1. The number of thiophene rings is 1. The van der Waals surface area contributed by atoms with Gasteiger partial charge in [-0.15, -0.1) is 11.3 Å². The Balaban J connectivity index is 1.50. The van der Waals surface area contributed by atoms with Crippen LogP contribution in [0, 0.1) is 0 Å². The lowest BCUT2D eigenvalue weighted by Gasteiger charge is -2.05. The van der Waals surface area contributed by atoms with Gasteiger partial charge in [-0.05, 0) is 34.7 Å². The fourth-order valence-corrected chi connectivity index (χ4v) is 3.29. The van der Waals surface area contributed by atoms with Gasteiger partial charge in [0, 0.05) is 4.88 Å². The van der Waals surface area contributed by atoms with E-state index in [2.05, 4.69) is 44.0 Å². The molecule has 4 rings (SSSR count). The summed E-state index contributed by atoms with van der Waals surface area (Å²) < 4.78 is 6.94. The number of ether oxygens (including phenoxy) is 1. The largest absolute Gasteiger partial charge is 0.497 e. The van der Waals surface area contributed by atoms with Crippen molar-refractivity contribution in [1.82, 2.24) is 19.6 Å². The van der Waals surface area contributed by atoms with Gasteiger partial charge in [0.05, 0.1) is 26.0 Å². The third kappa shape index (κ3) is 2.81. The van der Waals surface area contributed by atoms with Crippen LogP contribution in [0.25, 0.3) is 16.8 Å². The van der Waals surface area contributed by atoms with Gasteiger partial charge >= 0.3 is 0 Å². The number of nitrogens with one attached hydrogen (secondary N) is 1. The zero-order chi connectivity index (χ0) is 16.4. The van der Waals surface area contributed by atoms with Crippen molar-refractivity contribution in [3.63, 3.8) is 0 Å². The van der Waals surface area contributed by atoms with Crippen LogP contribution >= 0.6 is 11.3 Å². The molecule has 0 fully saturated rings. The van der Waals surface area contributed by atoms with Crippen LogP contribution in [0.15, 0.2) is 54.4 Å². The molecule has 6 nitrogen and oxygen atoms in total.